The third-order valence-corrected chi connectivity index (χ3v) is 4.50. The molecule has 1 aromatic rings. The Hall–Kier alpha value is -0.900. The minimum atomic E-state index is 0.0472. The van der Waals surface area contributed by atoms with Crippen LogP contribution in [-0.4, -0.2) is 38.3 Å². The summed E-state index contributed by atoms with van der Waals surface area (Å²) in [5.41, 5.74) is 7.77. The highest BCUT2D eigenvalue weighted by molar-refractivity contribution is 5.20. The van der Waals surface area contributed by atoms with E-state index in [0.717, 1.165) is 26.3 Å². The Kier molecular flexibility index (Phi) is 5.80. The highest BCUT2D eigenvalue weighted by Crippen LogP contribution is 2.32. The zero-order chi connectivity index (χ0) is 15.3. The summed E-state index contributed by atoms with van der Waals surface area (Å²) in [7, 11) is 2.20. The molecule has 0 aliphatic carbocycles. The Morgan fingerprint density at radius 2 is 2.05 bits per heavy atom. The fourth-order valence-corrected chi connectivity index (χ4v) is 3.36. The van der Waals surface area contributed by atoms with Crippen molar-refractivity contribution in [1.82, 2.24) is 4.90 Å². The molecule has 1 aromatic carbocycles. The molecule has 1 saturated heterocycles. The first-order chi connectivity index (χ1) is 9.99. The van der Waals surface area contributed by atoms with E-state index in [9.17, 15) is 0 Å². The van der Waals surface area contributed by atoms with Crippen LogP contribution in [-0.2, 0) is 4.74 Å². The smallest absolute Gasteiger partial charge is 0.0506 e. The minimum absolute atomic E-state index is 0.0472. The summed E-state index contributed by atoms with van der Waals surface area (Å²) in [5, 5.41) is 0. The van der Waals surface area contributed by atoms with E-state index in [1.807, 2.05) is 6.07 Å². The van der Waals surface area contributed by atoms with Crippen molar-refractivity contribution in [3.05, 3.63) is 35.9 Å². The van der Waals surface area contributed by atoms with Gasteiger partial charge in [-0.1, -0.05) is 44.2 Å². The highest BCUT2D eigenvalue weighted by Gasteiger charge is 2.29. The fraction of sp³-hybridized carbons (Fsp3) is 0.667. The molecule has 1 aliphatic rings. The quantitative estimate of drug-likeness (QED) is 0.875. The number of ether oxygens (including phenoxy) is 1. The second-order valence-electron chi connectivity index (χ2n) is 7.16. The Balaban J connectivity index is 1.89. The van der Waals surface area contributed by atoms with Gasteiger partial charge >= 0.3 is 0 Å². The predicted molar refractivity (Wildman–Crippen MR) is 88.2 cm³/mol. The van der Waals surface area contributed by atoms with Crippen LogP contribution in [0.25, 0.3) is 0 Å². The number of nitrogens with two attached hydrogens (primary N) is 1. The van der Waals surface area contributed by atoms with Gasteiger partial charge in [0.2, 0.25) is 0 Å². The highest BCUT2D eigenvalue weighted by atomic mass is 16.5. The van der Waals surface area contributed by atoms with Crippen LogP contribution in [0.2, 0.25) is 0 Å². The van der Waals surface area contributed by atoms with Crippen LogP contribution in [0.1, 0.15) is 38.3 Å². The lowest BCUT2D eigenvalue weighted by Gasteiger charge is -2.37. The molecular weight excluding hydrogens is 260 g/mol. The van der Waals surface area contributed by atoms with Gasteiger partial charge in [0.25, 0.3) is 0 Å². The monoisotopic (exact) mass is 290 g/mol. The van der Waals surface area contributed by atoms with Gasteiger partial charge in [-0.2, -0.15) is 0 Å². The van der Waals surface area contributed by atoms with Gasteiger partial charge in [-0.15, -0.1) is 0 Å². The van der Waals surface area contributed by atoms with Crippen LogP contribution in [0.3, 0.4) is 0 Å². The number of nitrogens with zero attached hydrogens (tertiary/aromatic N) is 1. The van der Waals surface area contributed by atoms with E-state index >= 15 is 0 Å². The van der Waals surface area contributed by atoms with E-state index in [1.54, 1.807) is 0 Å². The number of rotatable bonds is 6. The van der Waals surface area contributed by atoms with Crippen LogP contribution in [0, 0.1) is 11.3 Å². The molecule has 0 saturated carbocycles. The van der Waals surface area contributed by atoms with E-state index in [0.29, 0.717) is 5.92 Å². The van der Waals surface area contributed by atoms with Crippen LogP contribution in [0.4, 0.5) is 0 Å². The van der Waals surface area contributed by atoms with Gasteiger partial charge in [-0.05, 0) is 36.8 Å². The van der Waals surface area contributed by atoms with E-state index in [1.165, 1.54) is 18.4 Å². The summed E-state index contributed by atoms with van der Waals surface area (Å²) in [6, 6.07) is 10.5. The first-order valence-electron chi connectivity index (χ1n) is 8.06. The van der Waals surface area contributed by atoms with Gasteiger partial charge in [-0.3, -0.25) is 0 Å². The number of hydrogen-bond donors (Lipinski definition) is 1. The summed E-state index contributed by atoms with van der Waals surface area (Å²) in [6.45, 7) is 8.47. The first-order valence-corrected chi connectivity index (χ1v) is 8.06. The average Bonchev–Trinajstić information content (AvgIpc) is 2.47. The van der Waals surface area contributed by atoms with Crippen molar-refractivity contribution in [3.8, 4) is 0 Å². The average molecular weight is 290 g/mol. The van der Waals surface area contributed by atoms with Crippen molar-refractivity contribution in [3.63, 3.8) is 0 Å². The Morgan fingerprint density at radius 1 is 1.33 bits per heavy atom. The van der Waals surface area contributed by atoms with Crippen LogP contribution >= 0.6 is 0 Å². The third kappa shape index (κ3) is 4.80. The molecule has 3 nitrogen and oxygen atoms in total. The molecule has 2 rings (SSSR count). The molecule has 2 N–H and O–H groups in total. The normalized spacial score (nSPS) is 21.5. The zero-order valence-electron chi connectivity index (χ0n) is 13.7. The van der Waals surface area contributed by atoms with Crippen LogP contribution < -0.4 is 5.73 Å². The van der Waals surface area contributed by atoms with Gasteiger partial charge < -0.3 is 15.4 Å². The maximum atomic E-state index is 6.50. The van der Waals surface area contributed by atoms with Crippen molar-refractivity contribution in [2.75, 3.05) is 33.4 Å². The lowest BCUT2D eigenvalue weighted by Crippen LogP contribution is -2.41. The Bertz CT molecular complexity index is 412. The number of benzene rings is 1. The SMILES string of the molecule is CN(CC1CCCOC1)CC(C)(C)C(N)c1ccccc1. The van der Waals surface area contributed by atoms with Gasteiger partial charge in [0.05, 0.1) is 6.61 Å². The van der Waals surface area contributed by atoms with Crippen molar-refractivity contribution < 1.29 is 4.74 Å². The molecule has 0 radical (unpaired) electrons. The van der Waals surface area contributed by atoms with E-state index < -0.39 is 0 Å². The predicted octanol–water partition coefficient (Wildman–Crippen LogP) is 3.07. The molecule has 0 aromatic heterocycles. The molecule has 0 spiro atoms. The molecule has 2 atom stereocenters. The molecule has 1 fully saturated rings. The first kappa shape index (κ1) is 16.5. The van der Waals surface area contributed by atoms with Gasteiger partial charge in [0, 0.05) is 25.7 Å². The van der Waals surface area contributed by atoms with Gasteiger partial charge in [0.15, 0.2) is 0 Å². The number of hydrogen-bond acceptors (Lipinski definition) is 3. The standard InChI is InChI=1S/C18H30N2O/c1-18(2,17(19)16-9-5-4-6-10-16)14-20(3)12-15-8-7-11-21-13-15/h4-6,9-10,15,17H,7-8,11-14,19H2,1-3H3. The minimum Gasteiger partial charge on any atom is -0.381 e. The molecule has 21 heavy (non-hydrogen) atoms. The lowest BCUT2D eigenvalue weighted by atomic mass is 9.80. The maximum absolute atomic E-state index is 6.50. The molecule has 0 amide bonds. The van der Waals surface area contributed by atoms with Crippen LogP contribution in [0.15, 0.2) is 30.3 Å². The van der Waals surface area contributed by atoms with Crippen molar-refractivity contribution in [2.24, 2.45) is 17.1 Å². The van der Waals surface area contributed by atoms with E-state index in [4.69, 9.17) is 10.5 Å². The Morgan fingerprint density at radius 3 is 2.67 bits per heavy atom. The summed E-state index contributed by atoms with van der Waals surface area (Å²) >= 11 is 0. The maximum Gasteiger partial charge on any atom is 0.0506 e. The molecule has 0 bridgehead atoms. The second kappa shape index (κ2) is 7.39. The van der Waals surface area contributed by atoms with Gasteiger partial charge in [0.1, 0.15) is 0 Å². The van der Waals surface area contributed by atoms with Crippen molar-refractivity contribution in [1.29, 1.82) is 0 Å². The fourth-order valence-electron chi connectivity index (χ4n) is 3.36. The Labute approximate surface area is 129 Å². The van der Waals surface area contributed by atoms with Crippen LogP contribution in [0.5, 0.6) is 0 Å². The lowest BCUT2D eigenvalue weighted by molar-refractivity contribution is 0.0358. The summed E-state index contributed by atoms with van der Waals surface area (Å²) < 4.78 is 5.58. The van der Waals surface area contributed by atoms with Gasteiger partial charge in [-0.25, -0.2) is 0 Å². The summed E-state index contributed by atoms with van der Waals surface area (Å²) in [5.74, 6) is 0.674. The molecule has 1 aliphatic heterocycles. The van der Waals surface area contributed by atoms with E-state index in [2.05, 4.69) is 50.1 Å². The van der Waals surface area contributed by atoms with Crippen molar-refractivity contribution in [2.45, 2.75) is 32.7 Å². The molecule has 3 heteroatoms. The zero-order valence-corrected chi connectivity index (χ0v) is 13.7. The second-order valence-corrected chi connectivity index (χ2v) is 7.16. The summed E-state index contributed by atoms with van der Waals surface area (Å²) in [4.78, 5) is 2.42. The topological polar surface area (TPSA) is 38.5 Å². The largest absolute Gasteiger partial charge is 0.381 e. The molecule has 118 valence electrons. The van der Waals surface area contributed by atoms with E-state index in [-0.39, 0.29) is 11.5 Å². The molecule has 1 heterocycles. The third-order valence-electron chi connectivity index (χ3n) is 4.50. The van der Waals surface area contributed by atoms with Crippen molar-refractivity contribution >= 4 is 0 Å². The molecular formula is C18H30N2O. The summed E-state index contributed by atoms with van der Waals surface area (Å²) in [6.07, 6.45) is 2.49. The molecule has 2 unspecified atom stereocenters.